The van der Waals surface area contributed by atoms with Crippen molar-refractivity contribution in [1.82, 2.24) is 0 Å². The van der Waals surface area contributed by atoms with Crippen LogP contribution in [0.4, 0.5) is 0 Å². The van der Waals surface area contributed by atoms with Crippen molar-refractivity contribution in [3.63, 3.8) is 0 Å². The highest BCUT2D eigenvalue weighted by Gasteiger charge is 2.43. The second kappa shape index (κ2) is 5.84. The number of esters is 2. The first kappa shape index (κ1) is 13.7. The molecule has 0 aromatic rings. The zero-order chi connectivity index (χ0) is 12.9. The maximum Gasteiger partial charge on any atom is 0.312 e. The third kappa shape index (κ3) is 3.08. The summed E-state index contributed by atoms with van der Waals surface area (Å²) >= 11 is 0. The second-order valence-corrected chi connectivity index (χ2v) is 4.49. The molecular weight excluding hydrogens is 220 g/mol. The Labute approximate surface area is 102 Å². The molecule has 0 saturated heterocycles. The molecule has 0 aromatic carbocycles. The fourth-order valence-electron chi connectivity index (χ4n) is 2.22. The van der Waals surface area contributed by atoms with Gasteiger partial charge in [-0.05, 0) is 26.7 Å². The van der Waals surface area contributed by atoms with Crippen LogP contribution in [0.5, 0.6) is 0 Å². The highest BCUT2D eigenvalue weighted by Crippen LogP contribution is 2.40. The van der Waals surface area contributed by atoms with Crippen molar-refractivity contribution in [2.24, 2.45) is 11.3 Å². The van der Waals surface area contributed by atoms with E-state index in [1.165, 1.54) is 7.11 Å². The van der Waals surface area contributed by atoms with Crippen molar-refractivity contribution in [2.45, 2.75) is 33.1 Å². The van der Waals surface area contributed by atoms with Gasteiger partial charge in [0.15, 0.2) is 0 Å². The minimum Gasteiger partial charge on any atom is -0.469 e. The van der Waals surface area contributed by atoms with Crippen LogP contribution in [0, 0.1) is 11.3 Å². The van der Waals surface area contributed by atoms with E-state index in [1.54, 1.807) is 6.92 Å². The van der Waals surface area contributed by atoms with Gasteiger partial charge in [-0.2, -0.15) is 0 Å². The molecule has 0 unspecified atom stereocenters. The molecule has 2 atom stereocenters. The Morgan fingerprint density at radius 3 is 2.76 bits per heavy atom. The van der Waals surface area contributed by atoms with E-state index in [1.807, 2.05) is 19.1 Å². The van der Waals surface area contributed by atoms with E-state index in [9.17, 15) is 9.59 Å². The summed E-state index contributed by atoms with van der Waals surface area (Å²) in [6.07, 6.45) is 5.72. The summed E-state index contributed by atoms with van der Waals surface area (Å²) in [5.74, 6) is -0.655. The molecule has 0 N–H and O–H groups in total. The summed E-state index contributed by atoms with van der Waals surface area (Å²) in [7, 11) is 1.38. The summed E-state index contributed by atoms with van der Waals surface area (Å²) in [6.45, 7) is 3.99. The third-order valence-corrected chi connectivity index (χ3v) is 3.36. The van der Waals surface area contributed by atoms with Crippen LogP contribution in [0.25, 0.3) is 0 Å². The van der Waals surface area contributed by atoms with Gasteiger partial charge in [0, 0.05) is 5.92 Å². The summed E-state index contributed by atoms with van der Waals surface area (Å²) in [6, 6.07) is 0. The molecule has 0 aliphatic heterocycles. The molecule has 0 spiro atoms. The summed E-state index contributed by atoms with van der Waals surface area (Å²) in [5, 5.41) is 0. The van der Waals surface area contributed by atoms with Crippen LogP contribution in [0.15, 0.2) is 12.2 Å². The Morgan fingerprint density at radius 1 is 1.47 bits per heavy atom. The van der Waals surface area contributed by atoms with E-state index in [-0.39, 0.29) is 24.3 Å². The van der Waals surface area contributed by atoms with Crippen LogP contribution >= 0.6 is 0 Å². The van der Waals surface area contributed by atoms with E-state index in [4.69, 9.17) is 9.47 Å². The van der Waals surface area contributed by atoms with Crippen LogP contribution in [0.1, 0.15) is 33.1 Å². The van der Waals surface area contributed by atoms with Gasteiger partial charge in [0.2, 0.25) is 0 Å². The minimum atomic E-state index is -0.615. The molecule has 4 heteroatoms. The number of carbonyl (C=O) groups is 2. The molecule has 0 bridgehead atoms. The lowest BCUT2D eigenvalue weighted by Gasteiger charge is -2.35. The molecule has 0 radical (unpaired) electrons. The molecule has 17 heavy (non-hydrogen) atoms. The van der Waals surface area contributed by atoms with E-state index in [0.29, 0.717) is 13.0 Å². The topological polar surface area (TPSA) is 52.6 Å². The molecule has 0 amide bonds. The fourth-order valence-corrected chi connectivity index (χ4v) is 2.22. The molecule has 0 saturated carbocycles. The van der Waals surface area contributed by atoms with Crippen molar-refractivity contribution in [2.75, 3.05) is 13.7 Å². The Balaban J connectivity index is 2.78. The average Bonchev–Trinajstić information content (AvgIpc) is 2.31. The molecular formula is C13H20O4. The first-order valence-electron chi connectivity index (χ1n) is 5.95. The average molecular weight is 240 g/mol. The summed E-state index contributed by atoms with van der Waals surface area (Å²) in [4.78, 5) is 23.3. The molecule has 4 nitrogen and oxygen atoms in total. The van der Waals surface area contributed by atoms with Gasteiger partial charge in [0.25, 0.3) is 0 Å². The number of rotatable bonds is 4. The van der Waals surface area contributed by atoms with Gasteiger partial charge in [-0.1, -0.05) is 12.2 Å². The molecule has 1 aliphatic carbocycles. The van der Waals surface area contributed by atoms with Gasteiger partial charge in [-0.3, -0.25) is 9.59 Å². The molecule has 0 heterocycles. The number of hydrogen-bond acceptors (Lipinski definition) is 4. The maximum atomic E-state index is 11.8. The van der Waals surface area contributed by atoms with Gasteiger partial charge in [-0.25, -0.2) is 0 Å². The standard InChI is InChI=1S/C13H20O4/c1-4-17-11(14)9-10-7-5-6-8-13(10,2)12(15)16-3/h5,7,10H,4,6,8-9H2,1-3H3/t10-,13+/m1/s1. The van der Waals surface area contributed by atoms with Crippen LogP contribution in [0.3, 0.4) is 0 Å². The highest BCUT2D eigenvalue weighted by molar-refractivity contribution is 5.79. The van der Waals surface area contributed by atoms with Crippen molar-refractivity contribution in [3.05, 3.63) is 12.2 Å². The van der Waals surface area contributed by atoms with Gasteiger partial charge < -0.3 is 9.47 Å². The Bertz CT molecular complexity index is 321. The van der Waals surface area contributed by atoms with Crippen molar-refractivity contribution in [1.29, 1.82) is 0 Å². The van der Waals surface area contributed by atoms with Crippen LogP contribution in [-0.4, -0.2) is 25.7 Å². The van der Waals surface area contributed by atoms with Crippen LogP contribution in [-0.2, 0) is 19.1 Å². The molecule has 1 rings (SSSR count). The Kier molecular flexibility index (Phi) is 4.73. The first-order chi connectivity index (χ1) is 8.04. The van der Waals surface area contributed by atoms with E-state index < -0.39 is 5.41 Å². The van der Waals surface area contributed by atoms with E-state index in [0.717, 1.165) is 6.42 Å². The van der Waals surface area contributed by atoms with Crippen LogP contribution in [0.2, 0.25) is 0 Å². The summed E-state index contributed by atoms with van der Waals surface area (Å²) < 4.78 is 9.77. The van der Waals surface area contributed by atoms with Gasteiger partial charge >= 0.3 is 11.9 Å². The zero-order valence-electron chi connectivity index (χ0n) is 10.7. The fraction of sp³-hybridized carbons (Fsp3) is 0.692. The predicted octanol–water partition coefficient (Wildman–Crippen LogP) is 2.09. The normalized spacial score (nSPS) is 27.6. The highest BCUT2D eigenvalue weighted by atomic mass is 16.5. The number of methoxy groups -OCH3 is 1. The second-order valence-electron chi connectivity index (χ2n) is 4.49. The summed E-state index contributed by atoms with van der Waals surface area (Å²) in [5.41, 5.74) is -0.615. The zero-order valence-corrected chi connectivity index (χ0v) is 10.7. The number of allylic oxidation sites excluding steroid dienone is 2. The lowest BCUT2D eigenvalue weighted by atomic mass is 9.69. The van der Waals surface area contributed by atoms with E-state index in [2.05, 4.69) is 0 Å². The lowest BCUT2D eigenvalue weighted by Crippen LogP contribution is -2.38. The number of hydrogen-bond donors (Lipinski definition) is 0. The maximum absolute atomic E-state index is 11.8. The Hall–Kier alpha value is -1.32. The first-order valence-corrected chi connectivity index (χ1v) is 5.95. The molecule has 96 valence electrons. The minimum absolute atomic E-state index is 0.136. The number of ether oxygens (including phenoxy) is 2. The molecule has 1 aliphatic rings. The van der Waals surface area contributed by atoms with Crippen LogP contribution < -0.4 is 0 Å². The number of carbonyl (C=O) groups excluding carboxylic acids is 2. The smallest absolute Gasteiger partial charge is 0.312 e. The van der Waals surface area contributed by atoms with Gasteiger partial charge in [0.05, 0.1) is 25.6 Å². The van der Waals surface area contributed by atoms with Gasteiger partial charge in [-0.15, -0.1) is 0 Å². The Morgan fingerprint density at radius 2 is 2.18 bits per heavy atom. The van der Waals surface area contributed by atoms with Crippen molar-refractivity contribution in [3.8, 4) is 0 Å². The largest absolute Gasteiger partial charge is 0.469 e. The quantitative estimate of drug-likeness (QED) is 0.557. The molecule has 0 aromatic heterocycles. The monoisotopic (exact) mass is 240 g/mol. The lowest BCUT2D eigenvalue weighted by molar-refractivity contribution is -0.157. The third-order valence-electron chi connectivity index (χ3n) is 3.36. The van der Waals surface area contributed by atoms with E-state index >= 15 is 0 Å². The van der Waals surface area contributed by atoms with Crippen molar-refractivity contribution >= 4 is 11.9 Å². The molecule has 0 fully saturated rings. The van der Waals surface area contributed by atoms with Gasteiger partial charge in [0.1, 0.15) is 0 Å². The SMILES string of the molecule is CCOC(=O)C[C@H]1C=CCC[C@]1(C)C(=O)OC. The predicted molar refractivity (Wildman–Crippen MR) is 63.2 cm³/mol. The van der Waals surface area contributed by atoms with Crippen molar-refractivity contribution < 1.29 is 19.1 Å².